The van der Waals surface area contributed by atoms with Crippen LogP contribution in [0.1, 0.15) is 131 Å². The van der Waals surface area contributed by atoms with E-state index < -0.39 is 0 Å². The van der Waals surface area contributed by atoms with Crippen LogP contribution in [0.4, 0.5) is 51.3 Å². The number of anilines is 9. The molecule has 2 aromatic heterocycles. The van der Waals surface area contributed by atoms with Gasteiger partial charge in [-0.3, -0.25) is 4.90 Å². The number of hydrogen-bond donors (Lipinski definition) is 0. The van der Waals surface area contributed by atoms with Crippen LogP contribution >= 0.6 is 11.3 Å². The van der Waals surface area contributed by atoms with E-state index >= 15 is 0 Å². The predicted octanol–water partition coefficient (Wildman–Crippen LogP) is 16.1. The average Bonchev–Trinajstić information content (AvgIpc) is 3.69. The third-order valence-electron chi connectivity index (χ3n) is 15.5. The molecule has 0 amide bonds. The summed E-state index contributed by atoms with van der Waals surface area (Å²) >= 11 is 1.97. The molecule has 0 radical (unpaired) electrons. The van der Waals surface area contributed by atoms with Gasteiger partial charge in [0.25, 0.3) is 6.71 Å². The Morgan fingerprint density at radius 2 is 1.13 bits per heavy atom. The van der Waals surface area contributed by atoms with E-state index in [-0.39, 0.29) is 33.8 Å². The predicted molar refractivity (Wildman–Crippen MR) is 300 cm³/mol. The number of para-hydroxylation sites is 2. The Morgan fingerprint density at radius 3 is 1.74 bits per heavy atom. The van der Waals surface area contributed by atoms with Gasteiger partial charge in [-0.15, -0.1) is 11.3 Å². The highest BCUT2D eigenvalue weighted by Gasteiger charge is 2.48. The van der Waals surface area contributed by atoms with Crippen molar-refractivity contribution in [2.24, 2.45) is 0 Å². The topological polar surface area (TPSA) is 22.6 Å². The second-order valence-corrected chi connectivity index (χ2v) is 25.5. The van der Waals surface area contributed by atoms with E-state index in [1.807, 2.05) is 11.3 Å². The normalized spacial score (nSPS) is 15.9. The van der Waals surface area contributed by atoms with Gasteiger partial charge in [-0.25, -0.2) is 4.98 Å². The Kier molecular flexibility index (Phi) is 10.3. The molecular weight excluding hydrogens is 856 g/mol. The molecule has 2 aliphatic heterocycles. The first-order valence-corrected chi connectivity index (χ1v) is 25.9. The monoisotopic (exact) mass is 923 g/mol. The summed E-state index contributed by atoms with van der Waals surface area (Å²) in [6, 6.07) is 55.3. The molecule has 8 aromatic rings. The van der Waals surface area contributed by atoms with Crippen LogP contribution in [0, 0.1) is 0 Å². The highest BCUT2D eigenvalue weighted by atomic mass is 32.1. The minimum absolute atomic E-state index is 0.00955. The number of nitrogens with zero attached hydrogens (tertiary/aromatic N) is 4. The molecule has 11 rings (SSSR count). The molecule has 6 heteroatoms. The van der Waals surface area contributed by atoms with Gasteiger partial charge in [-0.2, -0.15) is 0 Å². The van der Waals surface area contributed by atoms with E-state index in [1.165, 1.54) is 71.5 Å². The van der Waals surface area contributed by atoms with Crippen molar-refractivity contribution in [2.45, 2.75) is 130 Å². The zero-order chi connectivity index (χ0) is 48.6. The van der Waals surface area contributed by atoms with Crippen LogP contribution in [0.5, 0.6) is 0 Å². The zero-order valence-electron chi connectivity index (χ0n) is 43.0. The molecule has 1 aliphatic carbocycles. The molecule has 4 heterocycles. The first-order chi connectivity index (χ1) is 32.6. The lowest BCUT2D eigenvalue weighted by atomic mass is 9.36. The van der Waals surface area contributed by atoms with E-state index in [0.717, 1.165) is 46.4 Å². The maximum Gasteiger partial charge on any atom is 0.266 e. The van der Waals surface area contributed by atoms with Gasteiger partial charge in [-0.1, -0.05) is 157 Å². The summed E-state index contributed by atoms with van der Waals surface area (Å²) in [7, 11) is 0. The first-order valence-electron chi connectivity index (χ1n) is 25.1. The fraction of sp³-hybridized carbons (Fsp3) is 0.317. The van der Waals surface area contributed by atoms with Gasteiger partial charge in [0.2, 0.25) is 0 Å². The van der Waals surface area contributed by atoms with Gasteiger partial charge in [0.1, 0.15) is 5.82 Å². The van der Waals surface area contributed by atoms with Crippen LogP contribution < -0.4 is 30.4 Å². The molecule has 0 saturated carbocycles. The molecule has 3 aliphatic rings. The highest BCUT2D eigenvalue weighted by Crippen LogP contribution is 2.53. The van der Waals surface area contributed by atoms with Gasteiger partial charge >= 0.3 is 0 Å². The number of thiophene rings is 1. The van der Waals surface area contributed by atoms with E-state index in [0.29, 0.717) is 0 Å². The molecule has 0 N–H and O–H groups in total. The molecule has 0 bridgehead atoms. The number of benzene rings is 6. The Morgan fingerprint density at radius 1 is 0.536 bits per heavy atom. The molecule has 69 heavy (non-hydrogen) atoms. The Hall–Kier alpha value is -6.11. The Labute approximate surface area is 416 Å². The lowest BCUT2D eigenvalue weighted by molar-refractivity contribution is 0.332. The van der Waals surface area contributed by atoms with Crippen LogP contribution in [0.25, 0.3) is 10.1 Å². The fourth-order valence-electron chi connectivity index (χ4n) is 11.3. The van der Waals surface area contributed by atoms with E-state index in [4.69, 9.17) is 4.98 Å². The van der Waals surface area contributed by atoms with Crippen molar-refractivity contribution < 1.29 is 0 Å². The van der Waals surface area contributed by atoms with Crippen molar-refractivity contribution in [3.63, 3.8) is 0 Å². The van der Waals surface area contributed by atoms with Crippen molar-refractivity contribution in [1.29, 1.82) is 0 Å². The molecule has 0 saturated heterocycles. The summed E-state index contributed by atoms with van der Waals surface area (Å²) in [6.45, 7) is 30.6. The van der Waals surface area contributed by atoms with E-state index in [9.17, 15) is 0 Å². The minimum Gasteiger partial charge on any atom is -0.310 e. The van der Waals surface area contributed by atoms with Crippen molar-refractivity contribution in [3.05, 3.63) is 174 Å². The van der Waals surface area contributed by atoms with E-state index in [1.54, 1.807) is 0 Å². The zero-order valence-corrected chi connectivity index (χ0v) is 43.9. The summed E-state index contributed by atoms with van der Waals surface area (Å²) in [6.07, 6.45) is 2.34. The molecule has 0 unspecified atom stereocenters. The quantitative estimate of drug-likeness (QED) is 0.160. The SMILES string of the molecule is CC(C)(C)c1ccc(N2c3cc(N(c4ccccc4)c4ccccc4)ccc3B3c4sc5ccc(C(C)(C)C)cc5c4N(c4ccc5c(c4)C(C)(C)CCC5(C)C)c4cc(C(C)(C)C)nc2c43)cc1. The second kappa shape index (κ2) is 15.7. The van der Waals surface area contributed by atoms with Gasteiger partial charge < -0.3 is 9.80 Å². The molecule has 0 fully saturated rings. The number of aromatic nitrogens is 1. The van der Waals surface area contributed by atoms with Crippen molar-refractivity contribution >= 4 is 95.2 Å². The molecule has 6 aromatic carbocycles. The Balaban J connectivity index is 1.25. The fourth-order valence-corrected chi connectivity index (χ4v) is 12.6. The van der Waals surface area contributed by atoms with Crippen molar-refractivity contribution in [3.8, 4) is 0 Å². The largest absolute Gasteiger partial charge is 0.310 e. The smallest absolute Gasteiger partial charge is 0.266 e. The molecule has 0 atom stereocenters. The van der Waals surface area contributed by atoms with Crippen LogP contribution in [0.3, 0.4) is 0 Å². The Bertz CT molecular complexity index is 3250. The number of rotatable bonds is 5. The maximum atomic E-state index is 5.90. The molecular formula is C63H67BN4S. The third-order valence-corrected chi connectivity index (χ3v) is 16.7. The van der Waals surface area contributed by atoms with Crippen LogP contribution in [0.2, 0.25) is 0 Å². The standard InChI is InChI=1S/C63H67BN4S/c1-59(2,3)40-24-27-44(28-25-40)68-51-38-46(66(42-20-16-14-17-21-42)43-22-18-15-19-23-43)30-32-50(51)64-55-52(39-54(61(7,8)9)65-58(55)68)67(45-29-31-48-49(37-45)63(12,13)35-34-62(48,10)11)56-47-36-41(60(4,5)6)26-33-53(47)69-57(56)64/h14-33,36-39H,34-35H2,1-13H3. The molecule has 348 valence electrons. The van der Waals surface area contributed by atoms with Crippen LogP contribution in [-0.4, -0.2) is 11.7 Å². The average molecular weight is 923 g/mol. The lowest BCUT2D eigenvalue weighted by Gasteiger charge is -2.45. The summed E-state index contributed by atoms with van der Waals surface area (Å²) in [5.41, 5.74) is 18.5. The van der Waals surface area contributed by atoms with Crippen LogP contribution in [0.15, 0.2) is 146 Å². The minimum atomic E-state index is -0.244. The number of hydrogen-bond acceptors (Lipinski definition) is 5. The van der Waals surface area contributed by atoms with Crippen molar-refractivity contribution in [1.82, 2.24) is 4.98 Å². The molecule has 4 nitrogen and oxygen atoms in total. The summed E-state index contributed by atoms with van der Waals surface area (Å²) in [4.78, 5) is 13.5. The third kappa shape index (κ3) is 7.51. The second-order valence-electron chi connectivity index (χ2n) is 24.4. The highest BCUT2D eigenvalue weighted by molar-refractivity contribution is 7.33. The van der Waals surface area contributed by atoms with Gasteiger partial charge in [0, 0.05) is 60.1 Å². The summed E-state index contributed by atoms with van der Waals surface area (Å²) in [5, 5.41) is 1.32. The first kappa shape index (κ1) is 45.3. The van der Waals surface area contributed by atoms with Gasteiger partial charge in [0.15, 0.2) is 0 Å². The number of fused-ring (bicyclic) bond motifs is 7. The maximum absolute atomic E-state index is 5.90. The van der Waals surface area contributed by atoms with Gasteiger partial charge in [0.05, 0.1) is 11.4 Å². The van der Waals surface area contributed by atoms with Crippen molar-refractivity contribution in [2.75, 3.05) is 14.7 Å². The number of pyridine rings is 1. The molecule has 0 spiro atoms. The van der Waals surface area contributed by atoms with Gasteiger partial charge in [-0.05, 0) is 147 Å². The lowest BCUT2D eigenvalue weighted by Crippen LogP contribution is -2.61. The van der Waals surface area contributed by atoms with Crippen LogP contribution in [-0.2, 0) is 27.1 Å². The van der Waals surface area contributed by atoms with E-state index in [2.05, 4.69) is 250 Å². The summed E-state index contributed by atoms with van der Waals surface area (Å²) in [5.74, 6) is 1.00. The summed E-state index contributed by atoms with van der Waals surface area (Å²) < 4.78 is 2.68.